The molecule has 0 saturated heterocycles. The van der Waals surface area contributed by atoms with Crippen LogP contribution in [0, 0.1) is 11.8 Å². The number of esters is 1. The van der Waals surface area contributed by atoms with Gasteiger partial charge in [0.15, 0.2) is 0 Å². The van der Waals surface area contributed by atoms with Crippen molar-refractivity contribution in [2.75, 3.05) is 5.32 Å². The van der Waals surface area contributed by atoms with E-state index in [2.05, 4.69) is 5.32 Å². The minimum atomic E-state index is -0.191. The molecule has 2 fully saturated rings. The van der Waals surface area contributed by atoms with Crippen molar-refractivity contribution in [3.8, 4) is 5.75 Å². The molecule has 0 spiro atoms. The topological polar surface area (TPSA) is 38.3 Å². The van der Waals surface area contributed by atoms with Crippen molar-refractivity contribution >= 4 is 23.3 Å². The minimum Gasteiger partial charge on any atom is -0.426 e. The Morgan fingerprint density at radius 2 is 1.89 bits per heavy atom. The van der Waals surface area contributed by atoms with Gasteiger partial charge < -0.3 is 10.1 Å². The van der Waals surface area contributed by atoms with Crippen LogP contribution in [0.4, 0.5) is 5.69 Å². The summed E-state index contributed by atoms with van der Waals surface area (Å²) in [7, 11) is 0. The van der Waals surface area contributed by atoms with Crippen LogP contribution in [0.1, 0.15) is 31.2 Å². The number of anilines is 1. The number of carbonyl (C=O) groups excluding carboxylic acids is 1. The Bertz CT molecular complexity index is 537. The molecule has 3 nitrogen and oxygen atoms in total. The first-order valence-electron chi connectivity index (χ1n) is 7.00. The van der Waals surface area contributed by atoms with E-state index in [1.54, 1.807) is 0 Å². The third-order valence-electron chi connectivity index (χ3n) is 4.29. The van der Waals surface area contributed by atoms with Gasteiger partial charge in [0.1, 0.15) is 5.75 Å². The van der Waals surface area contributed by atoms with Crippen LogP contribution in [0.3, 0.4) is 0 Å². The number of ether oxygens (including phenoxy) is 1. The Balaban J connectivity index is 1.60. The van der Waals surface area contributed by atoms with E-state index >= 15 is 0 Å². The number of hydrogen-bond donors (Lipinski definition) is 1. The lowest BCUT2D eigenvalue weighted by atomic mass is 10.1. The van der Waals surface area contributed by atoms with Gasteiger partial charge in [-0.3, -0.25) is 4.79 Å². The van der Waals surface area contributed by atoms with E-state index in [9.17, 15) is 4.79 Å². The summed E-state index contributed by atoms with van der Waals surface area (Å²) in [4.78, 5) is 11.3. The van der Waals surface area contributed by atoms with Gasteiger partial charge in [0.2, 0.25) is 0 Å². The molecule has 100 valence electrons. The molecule has 2 saturated carbocycles. The van der Waals surface area contributed by atoms with Crippen molar-refractivity contribution in [2.24, 2.45) is 11.8 Å². The Hall–Kier alpha value is -1.22. The van der Waals surface area contributed by atoms with Crippen LogP contribution in [0.25, 0.3) is 0 Å². The van der Waals surface area contributed by atoms with Gasteiger partial charge in [-0.25, -0.2) is 0 Å². The maximum absolute atomic E-state index is 11.3. The van der Waals surface area contributed by atoms with Crippen molar-refractivity contribution in [3.63, 3.8) is 0 Å². The number of carbonyl (C=O) groups is 1. The molecule has 3 aliphatic rings. The molecule has 2 aliphatic carbocycles. The summed E-state index contributed by atoms with van der Waals surface area (Å²) >= 11 is 6.32. The average molecular weight is 278 g/mol. The smallest absolute Gasteiger partial charge is 0.315 e. The quantitative estimate of drug-likeness (QED) is 0.677. The Kier molecular flexibility index (Phi) is 2.52. The molecular formula is C15H16ClNO2. The van der Waals surface area contributed by atoms with Crippen LogP contribution in [-0.4, -0.2) is 12.0 Å². The SMILES string of the molecule is O=C1Cc2cc(Cl)c(NC(C3CC3)C3CC3)cc2O1. The van der Waals surface area contributed by atoms with Gasteiger partial charge in [-0.2, -0.15) is 0 Å². The molecule has 0 unspecified atom stereocenters. The monoisotopic (exact) mass is 277 g/mol. The third-order valence-corrected chi connectivity index (χ3v) is 4.60. The summed E-state index contributed by atoms with van der Waals surface area (Å²) in [6.45, 7) is 0. The van der Waals surface area contributed by atoms with Crippen LogP contribution in [-0.2, 0) is 11.2 Å². The number of benzene rings is 1. The molecule has 1 aromatic rings. The number of rotatable bonds is 4. The van der Waals surface area contributed by atoms with E-state index < -0.39 is 0 Å². The summed E-state index contributed by atoms with van der Waals surface area (Å²) in [6.07, 6.45) is 5.64. The van der Waals surface area contributed by atoms with Gasteiger partial charge in [-0.1, -0.05) is 11.6 Å². The molecule has 1 N–H and O–H groups in total. The van der Waals surface area contributed by atoms with Crippen LogP contribution in [0.2, 0.25) is 5.02 Å². The predicted octanol–water partition coefficient (Wildman–Crippen LogP) is 3.40. The highest BCUT2D eigenvalue weighted by atomic mass is 35.5. The summed E-state index contributed by atoms with van der Waals surface area (Å²) in [6, 6.07) is 4.30. The number of halogens is 1. The van der Waals surface area contributed by atoms with Gasteiger partial charge in [0.25, 0.3) is 0 Å². The zero-order valence-corrected chi connectivity index (χ0v) is 11.4. The van der Waals surface area contributed by atoms with Crippen LogP contribution in [0.15, 0.2) is 12.1 Å². The zero-order valence-electron chi connectivity index (χ0n) is 10.6. The fourth-order valence-electron chi connectivity index (χ4n) is 2.96. The Morgan fingerprint density at radius 3 is 2.53 bits per heavy atom. The summed E-state index contributed by atoms with van der Waals surface area (Å²) in [5.74, 6) is 2.09. The lowest BCUT2D eigenvalue weighted by molar-refractivity contribution is -0.131. The van der Waals surface area contributed by atoms with Gasteiger partial charge in [-0.05, 0) is 43.6 Å². The molecule has 0 atom stereocenters. The molecule has 19 heavy (non-hydrogen) atoms. The molecule has 4 heteroatoms. The normalized spacial score (nSPS) is 21.5. The Morgan fingerprint density at radius 1 is 1.21 bits per heavy atom. The van der Waals surface area contributed by atoms with Gasteiger partial charge >= 0.3 is 5.97 Å². The van der Waals surface area contributed by atoms with Gasteiger partial charge in [0, 0.05) is 17.7 Å². The summed E-state index contributed by atoms with van der Waals surface area (Å²) < 4.78 is 5.20. The molecule has 1 heterocycles. The van der Waals surface area contributed by atoms with Crippen LogP contribution in [0.5, 0.6) is 5.75 Å². The van der Waals surface area contributed by atoms with Crippen molar-refractivity contribution in [3.05, 3.63) is 22.7 Å². The summed E-state index contributed by atoms with van der Waals surface area (Å²) in [5.41, 5.74) is 1.81. The maximum Gasteiger partial charge on any atom is 0.315 e. The van der Waals surface area contributed by atoms with Crippen molar-refractivity contribution < 1.29 is 9.53 Å². The average Bonchev–Trinajstić information content (AvgIpc) is 3.24. The van der Waals surface area contributed by atoms with Gasteiger partial charge in [0.05, 0.1) is 17.1 Å². The maximum atomic E-state index is 11.3. The first-order valence-corrected chi connectivity index (χ1v) is 7.38. The van der Waals surface area contributed by atoms with E-state index in [-0.39, 0.29) is 5.97 Å². The van der Waals surface area contributed by atoms with Crippen molar-refractivity contribution in [1.82, 2.24) is 0 Å². The fourth-order valence-corrected chi connectivity index (χ4v) is 3.20. The molecule has 0 radical (unpaired) electrons. The largest absolute Gasteiger partial charge is 0.426 e. The van der Waals surface area contributed by atoms with Gasteiger partial charge in [-0.15, -0.1) is 0 Å². The molecule has 4 rings (SSSR count). The molecule has 0 amide bonds. The lowest BCUT2D eigenvalue weighted by Crippen LogP contribution is -2.24. The lowest BCUT2D eigenvalue weighted by Gasteiger charge is -2.20. The molecule has 0 bridgehead atoms. The van der Waals surface area contributed by atoms with E-state index in [1.807, 2.05) is 12.1 Å². The first kappa shape index (κ1) is 11.6. The first-order chi connectivity index (χ1) is 9.20. The highest BCUT2D eigenvalue weighted by molar-refractivity contribution is 6.33. The molecule has 1 aliphatic heterocycles. The standard InChI is InChI=1S/C15H16ClNO2/c16-11-5-10-6-14(18)19-13(10)7-12(11)17-15(8-1-2-8)9-3-4-9/h5,7-9,15,17H,1-4,6H2. The van der Waals surface area contributed by atoms with E-state index in [4.69, 9.17) is 16.3 Å². The van der Waals surface area contributed by atoms with Crippen LogP contribution >= 0.6 is 11.6 Å². The molecule has 0 aromatic heterocycles. The van der Waals surface area contributed by atoms with Crippen molar-refractivity contribution in [2.45, 2.75) is 38.1 Å². The number of fused-ring (bicyclic) bond motifs is 1. The fraction of sp³-hybridized carbons (Fsp3) is 0.533. The third kappa shape index (κ3) is 2.20. The van der Waals surface area contributed by atoms with E-state index in [1.165, 1.54) is 25.7 Å². The minimum absolute atomic E-state index is 0.191. The second-order valence-electron chi connectivity index (χ2n) is 5.94. The van der Waals surface area contributed by atoms with Crippen molar-refractivity contribution in [1.29, 1.82) is 0 Å². The predicted molar refractivity (Wildman–Crippen MR) is 73.6 cm³/mol. The Labute approximate surface area is 117 Å². The zero-order chi connectivity index (χ0) is 13.0. The van der Waals surface area contributed by atoms with E-state index in [0.717, 1.165) is 23.1 Å². The summed E-state index contributed by atoms with van der Waals surface area (Å²) in [5, 5.41) is 4.29. The van der Waals surface area contributed by atoms with Crippen LogP contribution < -0.4 is 10.1 Å². The second kappa shape index (κ2) is 4.14. The molecule has 1 aromatic carbocycles. The second-order valence-corrected chi connectivity index (χ2v) is 6.34. The molecular weight excluding hydrogens is 262 g/mol. The number of hydrogen-bond acceptors (Lipinski definition) is 3. The highest BCUT2D eigenvalue weighted by Gasteiger charge is 2.41. The van der Waals surface area contributed by atoms with E-state index in [0.29, 0.717) is 23.2 Å². The number of nitrogens with one attached hydrogen (secondary N) is 1. The highest BCUT2D eigenvalue weighted by Crippen LogP contribution is 2.47.